The van der Waals surface area contributed by atoms with Gasteiger partial charge in [-0.25, -0.2) is 5.43 Å². The fourth-order valence-corrected chi connectivity index (χ4v) is 2.89. The highest BCUT2D eigenvalue weighted by molar-refractivity contribution is 6.35. The highest BCUT2D eigenvalue weighted by Crippen LogP contribution is 2.22. The monoisotopic (exact) mass is 424 g/mol. The van der Waals surface area contributed by atoms with Crippen molar-refractivity contribution in [3.63, 3.8) is 0 Å². The van der Waals surface area contributed by atoms with E-state index in [9.17, 15) is 4.79 Å². The Morgan fingerprint density at radius 3 is 2.48 bits per heavy atom. The average molecular weight is 425 g/mol. The molecule has 0 saturated heterocycles. The molecule has 0 heterocycles. The lowest BCUT2D eigenvalue weighted by atomic mass is 10.2. The van der Waals surface area contributed by atoms with Crippen molar-refractivity contribution in [3.8, 4) is 5.75 Å². The number of nitrogens with zero attached hydrogens (tertiary/aromatic N) is 1. The van der Waals surface area contributed by atoms with Crippen LogP contribution < -0.4 is 10.2 Å². The quantitative estimate of drug-likeness (QED) is 0.373. The van der Waals surface area contributed by atoms with Crippen molar-refractivity contribution < 1.29 is 9.53 Å². The van der Waals surface area contributed by atoms with E-state index in [0.29, 0.717) is 28.0 Å². The molecule has 0 saturated carbocycles. The van der Waals surface area contributed by atoms with E-state index < -0.39 is 0 Å². The van der Waals surface area contributed by atoms with Crippen LogP contribution in [0.4, 0.5) is 0 Å². The Bertz CT molecular complexity index is 1020. The fourth-order valence-electron chi connectivity index (χ4n) is 2.42. The van der Waals surface area contributed by atoms with Crippen LogP contribution in [0.3, 0.4) is 0 Å². The van der Waals surface area contributed by atoms with Crippen molar-refractivity contribution >= 4 is 41.4 Å². The standard InChI is InChI=1S/C23H18Cl2N2O2/c24-20-11-8-19(22(25)15-20)16-29-21-12-9-18(10-13-21)23(28)27-26-14-4-7-17-5-2-1-3-6-17/h1-15H,16H2,(H,27,28)/b7-4+,26-14+. The van der Waals surface area contributed by atoms with E-state index in [0.717, 1.165) is 11.1 Å². The van der Waals surface area contributed by atoms with E-state index in [-0.39, 0.29) is 5.91 Å². The van der Waals surface area contributed by atoms with Gasteiger partial charge in [0.2, 0.25) is 0 Å². The number of carbonyl (C=O) groups excluding carboxylic acids is 1. The van der Waals surface area contributed by atoms with Crippen LogP contribution in [0.1, 0.15) is 21.5 Å². The molecule has 1 amide bonds. The summed E-state index contributed by atoms with van der Waals surface area (Å²) < 4.78 is 5.70. The zero-order chi connectivity index (χ0) is 20.5. The lowest BCUT2D eigenvalue weighted by Gasteiger charge is -2.08. The number of hydrogen-bond donors (Lipinski definition) is 1. The van der Waals surface area contributed by atoms with Crippen LogP contribution >= 0.6 is 23.2 Å². The summed E-state index contributed by atoms with van der Waals surface area (Å²) in [7, 11) is 0. The zero-order valence-corrected chi connectivity index (χ0v) is 16.9. The Morgan fingerprint density at radius 2 is 1.76 bits per heavy atom. The molecule has 0 unspecified atom stereocenters. The molecule has 4 nitrogen and oxygen atoms in total. The Balaban J connectivity index is 1.49. The van der Waals surface area contributed by atoms with Gasteiger partial charge in [0.05, 0.1) is 0 Å². The minimum atomic E-state index is -0.304. The summed E-state index contributed by atoms with van der Waals surface area (Å²) in [5, 5.41) is 5.03. The van der Waals surface area contributed by atoms with Crippen LogP contribution in [0.5, 0.6) is 5.75 Å². The lowest BCUT2D eigenvalue weighted by Crippen LogP contribution is -2.17. The molecule has 0 aliphatic rings. The number of carbonyl (C=O) groups is 1. The first kappa shape index (κ1) is 20.6. The molecule has 0 aliphatic carbocycles. The highest BCUT2D eigenvalue weighted by atomic mass is 35.5. The Hall–Kier alpha value is -3.08. The van der Waals surface area contributed by atoms with Crippen molar-refractivity contribution in [2.75, 3.05) is 0 Å². The van der Waals surface area contributed by atoms with Crippen LogP contribution in [0, 0.1) is 0 Å². The third-order valence-electron chi connectivity index (χ3n) is 3.94. The number of hydrazone groups is 1. The number of rotatable bonds is 7. The lowest BCUT2D eigenvalue weighted by molar-refractivity contribution is 0.0955. The van der Waals surface area contributed by atoms with Gasteiger partial charge in [0.25, 0.3) is 5.91 Å². The van der Waals surface area contributed by atoms with Gasteiger partial charge >= 0.3 is 0 Å². The van der Waals surface area contributed by atoms with Gasteiger partial charge in [0.15, 0.2) is 0 Å². The molecule has 0 bridgehead atoms. The first-order valence-electron chi connectivity index (χ1n) is 8.84. The summed E-state index contributed by atoms with van der Waals surface area (Å²) in [5.74, 6) is 0.323. The highest BCUT2D eigenvalue weighted by Gasteiger charge is 2.06. The number of benzene rings is 3. The summed E-state index contributed by atoms with van der Waals surface area (Å²) in [4.78, 5) is 12.1. The molecule has 0 aromatic heterocycles. The van der Waals surface area contributed by atoms with Gasteiger partial charge in [0.1, 0.15) is 12.4 Å². The van der Waals surface area contributed by atoms with Crippen molar-refractivity contribution in [1.29, 1.82) is 0 Å². The molecule has 0 radical (unpaired) electrons. The molecule has 0 spiro atoms. The maximum Gasteiger partial charge on any atom is 0.271 e. The van der Waals surface area contributed by atoms with Gasteiger partial charge in [-0.3, -0.25) is 4.79 Å². The smallest absolute Gasteiger partial charge is 0.271 e. The minimum absolute atomic E-state index is 0.304. The SMILES string of the molecule is O=C(N/N=C/C=C/c1ccccc1)c1ccc(OCc2ccc(Cl)cc2Cl)cc1. The molecule has 3 aromatic rings. The summed E-state index contributed by atoms with van der Waals surface area (Å²) in [6, 6.07) is 21.8. The summed E-state index contributed by atoms with van der Waals surface area (Å²) in [6.07, 6.45) is 5.18. The second-order valence-electron chi connectivity index (χ2n) is 6.04. The van der Waals surface area contributed by atoms with E-state index in [2.05, 4.69) is 10.5 Å². The summed E-state index contributed by atoms with van der Waals surface area (Å²) >= 11 is 12.0. The van der Waals surface area contributed by atoms with Gasteiger partial charge in [-0.2, -0.15) is 5.10 Å². The average Bonchev–Trinajstić information content (AvgIpc) is 2.74. The number of nitrogens with one attached hydrogen (secondary N) is 1. The molecule has 3 rings (SSSR count). The predicted molar refractivity (Wildman–Crippen MR) is 119 cm³/mol. The van der Waals surface area contributed by atoms with Crippen molar-refractivity contribution in [2.45, 2.75) is 6.61 Å². The van der Waals surface area contributed by atoms with Gasteiger partial charge < -0.3 is 4.74 Å². The maximum absolute atomic E-state index is 12.1. The van der Waals surface area contributed by atoms with Gasteiger partial charge in [-0.15, -0.1) is 0 Å². The van der Waals surface area contributed by atoms with Crippen molar-refractivity contribution in [3.05, 3.63) is 106 Å². The van der Waals surface area contributed by atoms with Gasteiger partial charge in [-0.1, -0.05) is 65.7 Å². The number of hydrogen-bond acceptors (Lipinski definition) is 3. The molecule has 1 N–H and O–H groups in total. The van der Waals surface area contributed by atoms with E-state index in [1.54, 1.807) is 42.5 Å². The second kappa shape index (κ2) is 10.5. The van der Waals surface area contributed by atoms with E-state index in [1.165, 1.54) is 6.21 Å². The molecule has 3 aromatic carbocycles. The topological polar surface area (TPSA) is 50.7 Å². The third-order valence-corrected chi connectivity index (χ3v) is 4.53. The first-order valence-corrected chi connectivity index (χ1v) is 9.59. The largest absolute Gasteiger partial charge is 0.489 e. The van der Waals surface area contributed by atoms with Crippen LogP contribution in [0.25, 0.3) is 6.08 Å². The number of ether oxygens (including phenoxy) is 1. The predicted octanol–water partition coefficient (Wildman–Crippen LogP) is 6.00. The molecule has 0 fully saturated rings. The Labute approximate surface area is 179 Å². The third kappa shape index (κ3) is 6.49. The molecule has 29 heavy (non-hydrogen) atoms. The van der Waals surface area contributed by atoms with E-state index >= 15 is 0 Å². The Morgan fingerprint density at radius 1 is 1.00 bits per heavy atom. The Kier molecular flexibility index (Phi) is 7.45. The molecule has 0 atom stereocenters. The minimum Gasteiger partial charge on any atom is -0.489 e. The molecular formula is C23H18Cl2N2O2. The van der Waals surface area contributed by atoms with E-state index in [4.69, 9.17) is 27.9 Å². The first-order chi connectivity index (χ1) is 14.1. The molecule has 6 heteroatoms. The zero-order valence-electron chi connectivity index (χ0n) is 15.4. The van der Waals surface area contributed by atoms with Crippen molar-refractivity contribution in [2.24, 2.45) is 5.10 Å². The van der Waals surface area contributed by atoms with Crippen molar-refractivity contribution in [1.82, 2.24) is 5.43 Å². The molecule has 146 valence electrons. The van der Waals surface area contributed by atoms with Crippen LogP contribution in [0.2, 0.25) is 10.0 Å². The number of amides is 1. The number of allylic oxidation sites excluding steroid dienone is 1. The van der Waals surface area contributed by atoms with Crippen LogP contribution in [0.15, 0.2) is 84.0 Å². The number of halogens is 2. The maximum atomic E-state index is 12.1. The molecule has 0 aliphatic heterocycles. The van der Waals surface area contributed by atoms with E-state index in [1.807, 2.05) is 42.5 Å². The van der Waals surface area contributed by atoms with Crippen LogP contribution in [-0.4, -0.2) is 12.1 Å². The fraction of sp³-hybridized carbons (Fsp3) is 0.0435. The molecular weight excluding hydrogens is 407 g/mol. The summed E-state index contributed by atoms with van der Waals surface area (Å²) in [5.41, 5.74) is 4.85. The van der Waals surface area contributed by atoms with Crippen LogP contribution in [-0.2, 0) is 6.61 Å². The van der Waals surface area contributed by atoms with Gasteiger partial charge in [-0.05, 0) is 48.0 Å². The second-order valence-corrected chi connectivity index (χ2v) is 6.88. The van der Waals surface area contributed by atoms with Gasteiger partial charge in [0, 0.05) is 27.4 Å². The summed E-state index contributed by atoms with van der Waals surface area (Å²) in [6.45, 7) is 0.305. The normalized spacial score (nSPS) is 11.1.